The molecule has 0 fully saturated rings. The minimum absolute atomic E-state index is 0.288. The molecule has 1 N–H and O–H groups in total. The fraction of sp³-hybridized carbons (Fsp3) is 0.0625. The standard InChI is InChI=1S/C16H11Cl2N3O2S/c1-23-10-7-5-9(6-8-10)14-15(24-21-20-14)16(22)19-12-4-2-3-11(17)13(12)18/h2-8H,1H3,(H,19,22). The maximum absolute atomic E-state index is 12.5. The van der Waals surface area contributed by atoms with Crippen molar-refractivity contribution in [2.75, 3.05) is 12.4 Å². The molecule has 0 aliphatic heterocycles. The number of carbonyl (C=O) groups excluding carboxylic acids is 1. The molecule has 0 atom stereocenters. The molecule has 1 amide bonds. The lowest BCUT2D eigenvalue weighted by Gasteiger charge is -2.08. The Kier molecular flexibility index (Phi) is 4.99. The van der Waals surface area contributed by atoms with Gasteiger partial charge in [-0.2, -0.15) is 0 Å². The third-order valence-corrected chi connectivity index (χ3v) is 4.80. The molecule has 122 valence electrons. The lowest BCUT2D eigenvalue weighted by Crippen LogP contribution is -2.11. The van der Waals surface area contributed by atoms with Gasteiger partial charge in [0.15, 0.2) is 0 Å². The molecule has 0 radical (unpaired) electrons. The van der Waals surface area contributed by atoms with E-state index in [0.717, 1.165) is 22.8 Å². The summed E-state index contributed by atoms with van der Waals surface area (Å²) in [7, 11) is 1.59. The van der Waals surface area contributed by atoms with Crippen molar-refractivity contribution in [2.45, 2.75) is 0 Å². The van der Waals surface area contributed by atoms with Crippen LogP contribution in [0.15, 0.2) is 42.5 Å². The van der Waals surface area contributed by atoms with Gasteiger partial charge in [0, 0.05) is 5.56 Å². The van der Waals surface area contributed by atoms with Crippen molar-refractivity contribution in [2.24, 2.45) is 0 Å². The molecule has 1 aromatic heterocycles. The maximum atomic E-state index is 12.5. The SMILES string of the molecule is COc1ccc(-c2nnsc2C(=O)Nc2cccc(Cl)c2Cl)cc1. The Bertz CT molecular complexity index is 881. The van der Waals surface area contributed by atoms with Crippen LogP contribution in [0.25, 0.3) is 11.3 Å². The molecule has 0 bridgehead atoms. The molecule has 0 unspecified atom stereocenters. The first-order chi connectivity index (χ1) is 11.6. The molecule has 1 heterocycles. The van der Waals surface area contributed by atoms with E-state index in [4.69, 9.17) is 27.9 Å². The molecule has 0 saturated heterocycles. The van der Waals surface area contributed by atoms with E-state index >= 15 is 0 Å². The topological polar surface area (TPSA) is 64.1 Å². The monoisotopic (exact) mass is 379 g/mol. The van der Waals surface area contributed by atoms with Gasteiger partial charge in [-0.3, -0.25) is 4.79 Å². The summed E-state index contributed by atoms with van der Waals surface area (Å²) in [5.41, 5.74) is 1.70. The van der Waals surface area contributed by atoms with Crippen molar-refractivity contribution in [3.05, 3.63) is 57.4 Å². The molecule has 3 aromatic rings. The van der Waals surface area contributed by atoms with Gasteiger partial charge < -0.3 is 10.1 Å². The third kappa shape index (κ3) is 3.36. The number of rotatable bonds is 4. The van der Waals surface area contributed by atoms with Gasteiger partial charge in [0.25, 0.3) is 5.91 Å². The average molecular weight is 380 g/mol. The van der Waals surface area contributed by atoms with Crippen molar-refractivity contribution in [1.82, 2.24) is 9.59 Å². The molecule has 0 saturated carbocycles. The highest BCUT2D eigenvalue weighted by atomic mass is 35.5. The minimum Gasteiger partial charge on any atom is -0.497 e. The van der Waals surface area contributed by atoms with Gasteiger partial charge in [0.2, 0.25) is 0 Å². The molecule has 0 aliphatic rings. The van der Waals surface area contributed by atoms with E-state index < -0.39 is 0 Å². The second-order valence-corrected chi connectivity index (χ2v) is 6.27. The zero-order valence-electron chi connectivity index (χ0n) is 12.4. The normalized spacial score (nSPS) is 10.5. The van der Waals surface area contributed by atoms with E-state index in [2.05, 4.69) is 14.9 Å². The average Bonchev–Trinajstić information content (AvgIpc) is 3.09. The van der Waals surface area contributed by atoms with Crippen LogP contribution in [0.1, 0.15) is 9.67 Å². The predicted octanol–water partition coefficient (Wildman–Crippen LogP) is 4.77. The fourth-order valence-corrected chi connectivity index (χ4v) is 2.99. The van der Waals surface area contributed by atoms with Gasteiger partial charge in [0.1, 0.15) is 16.3 Å². The Labute approximate surface area is 152 Å². The largest absolute Gasteiger partial charge is 0.497 e. The van der Waals surface area contributed by atoms with Gasteiger partial charge in [-0.15, -0.1) is 5.10 Å². The van der Waals surface area contributed by atoms with Crippen LogP contribution in [0.5, 0.6) is 5.75 Å². The van der Waals surface area contributed by atoms with E-state index in [1.165, 1.54) is 0 Å². The van der Waals surface area contributed by atoms with E-state index in [1.807, 2.05) is 12.1 Å². The number of nitrogens with zero attached hydrogens (tertiary/aromatic N) is 2. The summed E-state index contributed by atoms with van der Waals surface area (Å²) in [6.07, 6.45) is 0. The van der Waals surface area contributed by atoms with Crippen LogP contribution in [-0.2, 0) is 0 Å². The zero-order chi connectivity index (χ0) is 17.1. The lowest BCUT2D eigenvalue weighted by molar-refractivity contribution is 0.103. The summed E-state index contributed by atoms with van der Waals surface area (Å²) in [6, 6.07) is 12.3. The Morgan fingerprint density at radius 3 is 2.62 bits per heavy atom. The van der Waals surface area contributed by atoms with Crippen LogP contribution in [0.4, 0.5) is 5.69 Å². The van der Waals surface area contributed by atoms with Crippen molar-refractivity contribution in [3.8, 4) is 17.0 Å². The van der Waals surface area contributed by atoms with E-state index in [-0.39, 0.29) is 10.9 Å². The summed E-state index contributed by atoms with van der Waals surface area (Å²) < 4.78 is 9.01. The minimum atomic E-state index is -0.347. The number of amides is 1. The molecular formula is C16H11Cl2N3O2S. The van der Waals surface area contributed by atoms with Gasteiger partial charge >= 0.3 is 0 Å². The summed E-state index contributed by atoms with van der Waals surface area (Å²) in [6.45, 7) is 0. The smallest absolute Gasteiger partial charge is 0.269 e. The first-order valence-electron chi connectivity index (χ1n) is 6.82. The Morgan fingerprint density at radius 2 is 1.92 bits per heavy atom. The molecular weight excluding hydrogens is 369 g/mol. The number of hydrogen-bond donors (Lipinski definition) is 1. The van der Waals surface area contributed by atoms with Crippen LogP contribution in [0.3, 0.4) is 0 Å². The van der Waals surface area contributed by atoms with Gasteiger partial charge in [-0.25, -0.2) is 0 Å². The Balaban J connectivity index is 1.89. The second kappa shape index (κ2) is 7.17. The highest BCUT2D eigenvalue weighted by Gasteiger charge is 2.19. The maximum Gasteiger partial charge on any atom is 0.269 e. The molecule has 5 nitrogen and oxygen atoms in total. The van der Waals surface area contributed by atoms with E-state index in [9.17, 15) is 4.79 Å². The quantitative estimate of drug-likeness (QED) is 0.708. The molecule has 8 heteroatoms. The van der Waals surface area contributed by atoms with Crippen LogP contribution in [0, 0.1) is 0 Å². The zero-order valence-corrected chi connectivity index (χ0v) is 14.7. The van der Waals surface area contributed by atoms with Crippen molar-refractivity contribution >= 4 is 46.3 Å². The van der Waals surface area contributed by atoms with Crippen molar-refractivity contribution < 1.29 is 9.53 Å². The van der Waals surface area contributed by atoms with Crippen molar-refractivity contribution in [1.29, 1.82) is 0 Å². The number of carbonyl (C=O) groups is 1. The van der Waals surface area contributed by atoms with Crippen LogP contribution < -0.4 is 10.1 Å². The highest BCUT2D eigenvalue weighted by Crippen LogP contribution is 2.31. The van der Waals surface area contributed by atoms with Crippen LogP contribution in [0.2, 0.25) is 10.0 Å². The summed E-state index contributed by atoms with van der Waals surface area (Å²) in [5.74, 6) is 0.374. The summed E-state index contributed by atoms with van der Waals surface area (Å²) >= 11 is 13.1. The fourth-order valence-electron chi connectivity index (χ4n) is 2.06. The number of aromatic nitrogens is 2. The number of methoxy groups -OCH3 is 1. The number of nitrogens with one attached hydrogen (secondary N) is 1. The van der Waals surface area contributed by atoms with Crippen molar-refractivity contribution in [3.63, 3.8) is 0 Å². The number of halogens is 2. The van der Waals surface area contributed by atoms with E-state index in [0.29, 0.717) is 21.3 Å². The van der Waals surface area contributed by atoms with E-state index in [1.54, 1.807) is 37.4 Å². The molecule has 0 aliphatic carbocycles. The van der Waals surface area contributed by atoms with Crippen LogP contribution >= 0.6 is 34.7 Å². The highest BCUT2D eigenvalue weighted by molar-refractivity contribution is 7.08. The number of anilines is 1. The summed E-state index contributed by atoms with van der Waals surface area (Å²) in [4.78, 5) is 12.9. The molecule has 3 rings (SSSR count). The Hall–Kier alpha value is -2.15. The molecule has 2 aromatic carbocycles. The first kappa shape index (κ1) is 16.7. The molecule has 24 heavy (non-hydrogen) atoms. The number of benzene rings is 2. The second-order valence-electron chi connectivity index (χ2n) is 4.73. The predicted molar refractivity (Wildman–Crippen MR) is 96.3 cm³/mol. The summed E-state index contributed by atoms with van der Waals surface area (Å²) in [5, 5.41) is 7.44. The third-order valence-electron chi connectivity index (χ3n) is 3.26. The van der Waals surface area contributed by atoms with Gasteiger partial charge in [-0.1, -0.05) is 33.8 Å². The van der Waals surface area contributed by atoms with Gasteiger partial charge in [0.05, 0.1) is 22.8 Å². The van der Waals surface area contributed by atoms with Gasteiger partial charge in [-0.05, 0) is 47.9 Å². The molecule has 0 spiro atoms. The lowest BCUT2D eigenvalue weighted by atomic mass is 10.1. The first-order valence-corrected chi connectivity index (χ1v) is 8.35. The number of ether oxygens (including phenoxy) is 1. The number of hydrogen-bond acceptors (Lipinski definition) is 5. The Morgan fingerprint density at radius 1 is 1.17 bits per heavy atom. The van der Waals surface area contributed by atoms with Crippen LogP contribution in [-0.4, -0.2) is 22.6 Å².